The highest BCUT2D eigenvalue weighted by Crippen LogP contribution is 2.17. The van der Waals surface area contributed by atoms with E-state index in [2.05, 4.69) is 4.74 Å². The minimum atomic E-state index is -4.59. The molecule has 0 atom stereocenters. The maximum absolute atomic E-state index is 11.5. The minimum Gasteiger partial charge on any atom is -0.461 e. The Morgan fingerprint density at radius 1 is 1.58 bits per heavy atom. The Hall–Kier alpha value is -1.20. The number of carbonyl (C=O) groups excluding carboxylic acids is 1. The van der Waals surface area contributed by atoms with Gasteiger partial charge in [-0.3, -0.25) is 0 Å². The molecule has 0 amide bonds. The lowest BCUT2D eigenvalue weighted by Gasteiger charge is -2.03. The van der Waals surface area contributed by atoms with Gasteiger partial charge in [0.05, 0.1) is 6.61 Å². The molecule has 0 saturated heterocycles. The maximum atomic E-state index is 11.5. The first kappa shape index (κ1) is 10.8. The third-order valence-corrected chi connectivity index (χ3v) is 0.830. The molecule has 0 bridgehead atoms. The number of alkyl halides is 3. The van der Waals surface area contributed by atoms with Crippen LogP contribution in [0, 0.1) is 0 Å². The molecule has 0 unspecified atom stereocenters. The molecule has 0 aromatic heterocycles. The zero-order valence-electron chi connectivity index (χ0n) is 6.31. The van der Waals surface area contributed by atoms with Gasteiger partial charge in [-0.1, -0.05) is 0 Å². The summed E-state index contributed by atoms with van der Waals surface area (Å²) in [6.45, 7) is 1.46. The van der Waals surface area contributed by atoms with Crippen LogP contribution in [0.3, 0.4) is 0 Å². The Morgan fingerprint density at radius 3 is 2.42 bits per heavy atom. The summed E-state index contributed by atoms with van der Waals surface area (Å²) in [4.78, 5) is 10.5. The second kappa shape index (κ2) is 3.99. The summed E-state index contributed by atoms with van der Waals surface area (Å²) < 4.78 is 38.8. The fraction of sp³-hybridized carbons (Fsp3) is 0.500. The van der Waals surface area contributed by atoms with Gasteiger partial charge in [-0.2, -0.15) is 13.2 Å². The van der Waals surface area contributed by atoms with Crippen molar-refractivity contribution in [1.29, 1.82) is 0 Å². The summed E-state index contributed by atoms with van der Waals surface area (Å²) in [5.74, 6) is -1.16. The number of ether oxygens (including phenoxy) is 1. The van der Waals surface area contributed by atoms with Gasteiger partial charge in [0.2, 0.25) is 0 Å². The number of allylic oxidation sites excluding steroid dienone is 1. The van der Waals surface area contributed by atoms with Crippen LogP contribution in [0.25, 0.3) is 0 Å². The molecular weight excluding hydrogens is 175 g/mol. The van der Waals surface area contributed by atoms with E-state index in [9.17, 15) is 18.0 Å². The molecule has 0 aliphatic rings. The van der Waals surface area contributed by atoms with Crippen molar-refractivity contribution < 1.29 is 22.7 Å². The number of nitrogens with two attached hydrogens (primary N) is 1. The van der Waals surface area contributed by atoms with Crippen LogP contribution in [0.2, 0.25) is 0 Å². The Morgan fingerprint density at radius 2 is 2.08 bits per heavy atom. The number of halogens is 3. The summed E-state index contributed by atoms with van der Waals surface area (Å²) in [7, 11) is 0. The van der Waals surface area contributed by atoms with Crippen LogP contribution in [0.4, 0.5) is 13.2 Å². The molecular formula is C6H8F3NO2. The van der Waals surface area contributed by atoms with E-state index in [1.165, 1.54) is 6.92 Å². The SMILES string of the molecule is CCOC(=O)C(N)=CC(F)(F)F. The standard InChI is InChI=1S/C6H8F3NO2/c1-2-12-5(11)4(10)3-6(7,8)9/h3H,2,10H2,1H3. The topological polar surface area (TPSA) is 52.3 Å². The molecule has 0 radical (unpaired) electrons. The van der Waals surface area contributed by atoms with Crippen molar-refractivity contribution in [3.63, 3.8) is 0 Å². The lowest BCUT2D eigenvalue weighted by atomic mass is 10.4. The average Bonchev–Trinajstić information content (AvgIpc) is 1.84. The average molecular weight is 183 g/mol. The van der Waals surface area contributed by atoms with E-state index in [4.69, 9.17) is 5.73 Å². The predicted molar refractivity (Wildman–Crippen MR) is 35.0 cm³/mol. The fourth-order valence-electron chi connectivity index (χ4n) is 0.450. The van der Waals surface area contributed by atoms with Gasteiger partial charge in [0.25, 0.3) is 0 Å². The minimum absolute atomic E-state index is 0.00870. The lowest BCUT2D eigenvalue weighted by Crippen LogP contribution is -2.18. The van der Waals surface area contributed by atoms with Crippen LogP contribution >= 0.6 is 0 Å². The van der Waals surface area contributed by atoms with E-state index in [1.807, 2.05) is 0 Å². The van der Waals surface area contributed by atoms with E-state index in [0.717, 1.165) is 0 Å². The Kier molecular flexibility index (Phi) is 3.59. The first-order chi connectivity index (χ1) is 5.37. The van der Waals surface area contributed by atoms with Crippen molar-refractivity contribution in [2.24, 2.45) is 5.73 Å². The van der Waals surface area contributed by atoms with Crippen LogP contribution in [0.5, 0.6) is 0 Å². The van der Waals surface area contributed by atoms with Gasteiger partial charge in [-0.25, -0.2) is 4.79 Å². The molecule has 3 nitrogen and oxygen atoms in total. The smallest absolute Gasteiger partial charge is 0.411 e. The molecule has 0 saturated carbocycles. The van der Waals surface area contributed by atoms with Crippen LogP contribution in [-0.2, 0) is 9.53 Å². The van der Waals surface area contributed by atoms with Gasteiger partial charge >= 0.3 is 12.1 Å². The van der Waals surface area contributed by atoms with Gasteiger partial charge in [-0.05, 0) is 6.92 Å². The van der Waals surface area contributed by atoms with Crippen molar-refractivity contribution in [2.75, 3.05) is 6.61 Å². The van der Waals surface area contributed by atoms with Gasteiger partial charge in [0.15, 0.2) is 0 Å². The number of carbonyl (C=O) groups is 1. The molecule has 12 heavy (non-hydrogen) atoms. The van der Waals surface area contributed by atoms with E-state index in [1.54, 1.807) is 0 Å². The third-order valence-electron chi connectivity index (χ3n) is 0.830. The fourth-order valence-corrected chi connectivity index (χ4v) is 0.450. The van der Waals surface area contributed by atoms with Gasteiger partial charge in [0, 0.05) is 6.08 Å². The summed E-state index contributed by atoms with van der Waals surface area (Å²) in [5, 5.41) is 0. The highest BCUT2D eigenvalue weighted by atomic mass is 19.4. The molecule has 0 spiro atoms. The molecule has 0 aromatic rings. The van der Waals surface area contributed by atoms with E-state index >= 15 is 0 Å². The van der Waals surface area contributed by atoms with Crippen molar-refractivity contribution >= 4 is 5.97 Å². The normalized spacial score (nSPS) is 12.8. The van der Waals surface area contributed by atoms with Gasteiger partial charge in [-0.15, -0.1) is 0 Å². The van der Waals surface area contributed by atoms with Crippen molar-refractivity contribution in [2.45, 2.75) is 13.1 Å². The molecule has 0 aromatic carbocycles. The molecule has 0 aliphatic heterocycles. The summed E-state index contributed by atoms with van der Waals surface area (Å²) in [6.07, 6.45) is -4.89. The number of rotatable bonds is 2. The zero-order chi connectivity index (χ0) is 9.78. The molecule has 0 heterocycles. The van der Waals surface area contributed by atoms with Crippen molar-refractivity contribution in [1.82, 2.24) is 0 Å². The number of esters is 1. The van der Waals surface area contributed by atoms with Crippen LogP contribution in [0.1, 0.15) is 6.92 Å². The second-order valence-electron chi connectivity index (χ2n) is 1.86. The second-order valence-corrected chi connectivity index (χ2v) is 1.86. The number of hydrogen-bond acceptors (Lipinski definition) is 3. The zero-order valence-corrected chi connectivity index (χ0v) is 6.31. The van der Waals surface area contributed by atoms with Gasteiger partial charge < -0.3 is 10.5 Å². The Labute approximate surface area is 67.0 Å². The predicted octanol–water partition coefficient (Wildman–Crippen LogP) is 0.954. The van der Waals surface area contributed by atoms with Crippen LogP contribution < -0.4 is 5.73 Å². The van der Waals surface area contributed by atoms with E-state index in [0.29, 0.717) is 0 Å². The largest absolute Gasteiger partial charge is 0.461 e. The van der Waals surface area contributed by atoms with Crippen molar-refractivity contribution in [3.8, 4) is 0 Å². The quantitative estimate of drug-likeness (QED) is 0.512. The monoisotopic (exact) mass is 183 g/mol. The van der Waals surface area contributed by atoms with Gasteiger partial charge in [0.1, 0.15) is 5.70 Å². The third kappa shape index (κ3) is 4.59. The first-order valence-corrected chi connectivity index (χ1v) is 3.09. The summed E-state index contributed by atoms with van der Waals surface area (Å²) >= 11 is 0. The highest BCUT2D eigenvalue weighted by molar-refractivity contribution is 5.87. The summed E-state index contributed by atoms with van der Waals surface area (Å²) in [5.41, 5.74) is 3.82. The van der Waals surface area contributed by atoms with Crippen molar-refractivity contribution in [3.05, 3.63) is 11.8 Å². The van der Waals surface area contributed by atoms with Crippen LogP contribution in [0.15, 0.2) is 11.8 Å². The Balaban J connectivity index is 4.28. The molecule has 6 heteroatoms. The molecule has 0 fully saturated rings. The molecule has 0 aliphatic carbocycles. The number of hydrogen-bond donors (Lipinski definition) is 1. The Bertz CT molecular complexity index is 197. The lowest BCUT2D eigenvalue weighted by molar-refractivity contribution is -0.139. The molecule has 2 N–H and O–H groups in total. The molecule has 70 valence electrons. The highest BCUT2D eigenvalue weighted by Gasteiger charge is 2.26. The van der Waals surface area contributed by atoms with E-state index < -0.39 is 17.8 Å². The first-order valence-electron chi connectivity index (χ1n) is 3.09. The van der Waals surface area contributed by atoms with Crippen LogP contribution in [-0.4, -0.2) is 18.8 Å². The molecule has 0 rings (SSSR count). The van der Waals surface area contributed by atoms with E-state index in [-0.39, 0.29) is 12.7 Å². The summed E-state index contributed by atoms with van der Waals surface area (Å²) in [6, 6.07) is 0. The maximum Gasteiger partial charge on any atom is 0.411 e.